The number of amides is 3. The molecule has 192 valence electrons. The summed E-state index contributed by atoms with van der Waals surface area (Å²) in [6.45, 7) is 0.999. The molecule has 2 N–H and O–H groups in total. The minimum absolute atomic E-state index is 0.167. The molecule has 8 heteroatoms. The fraction of sp³-hybridized carbons (Fsp3) is 0.133. The second-order valence-corrected chi connectivity index (χ2v) is 9.03. The van der Waals surface area contributed by atoms with Gasteiger partial charge in [0.05, 0.1) is 5.56 Å². The molecule has 5 nitrogen and oxygen atoms in total. The van der Waals surface area contributed by atoms with Gasteiger partial charge in [-0.1, -0.05) is 54.6 Å². The molecule has 0 aromatic heterocycles. The number of hydrogen-bond acceptors (Lipinski definition) is 2. The molecular weight excluding hydrogens is 491 g/mol. The number of fused-ring (bicyclic) bond motifs is 1. The number of anilines is 2. The second-order valence-electron chi connectivity index (χ2n) is 9.03. The molecular formula is C30H24F3N3O2. The van der Waals surface area contributed by atoms with Crippen LogP contribution in [0.4, 0.5) is 29.3 Å². The zero-order chi connectivity index (χ0) is 26.7. The van der Waals surface area contributed by atoms with Crippen molar-refractivity contribution in [2.24, 2.45) is 0 Å². The normalized spacial score (nSPS) is 13.0. The summed E-state index contributed by atoms with van der Waals surface area (Å²) in [6, 6.07) is 26.3. The van der Waals surface area contributed by atoms with Gasteiger partial charge in [-0.3, -0.25) is 4.79 Å². The Hall–Kier alpha value is -4.59. The topological polar surface area (TPSA) is 61.4 Å². The van der Waals surface area contributed by atoms with Crippen molar-refractivity contribution in [1.29, 1.82) is 0 Å². The van der Waals surface area contributed by atoms with E-state index in [1.807, 2.05) is 42.5 Å². The van der Waals surface area contributed by atoms with Crippen molar-refractivity contribution < 1.29 is 22.8 Å². The van der Waals surface area contributed by atoms with Crippen LogP contribution in [0.15, 0.2) is 97.1 Å². The monoisotopic (exact) mass is 515 g/mol. The van der Waals surface area contributed by atoms with E-state index in [0.717, 1.165) is 28.9 Å². The molecule has 0 atom stereocenters. The largest absolute Gasteiger partial charge is 0.416 e. The van der Waals surface area contributed by atoms with E-state index in [0.29, 0.717) is 41.9 Å². The first-order valence-corrected chi connectivity index (χ1v) is 12.1. The molecule has 0 spiro atoms. The van der Waals surface area contributed by atoms with E-state index in [9.17, 15) is 22.8 Å². The molecule has 0 bridgehead atoms. The Morgan fingerprint density at radius 2 is 1.45 bits per heavy atom. The van der Waals surface area contributed by atoms with Crippen LogP contribution in [0.5, 0.6) is 0 Å². The van der Waals surface area contributed by atoms with Gasteiger partial charge in [-0.2, -0.15) is 13.2 Å². The van der Waals surface area contributed by atoms with Crippen LogP contribution in [0.2, 0.25) is 0 Å². The van der Waals surface area contributed by atoms with Gasteiger partial charge in [0.25, 0.3) is 5.91 Å². The highest BCUT2D eigenvalue weighted by Crippen LogP contribution is 2.32. The van der Waals surface area contributed by atoms with Crippen molar-refractivity contribution in [1.82, 2.24) is 4.90 Å². The first-order chi connectivity index (χ1) is 18.3. The lowest BCUT2D eigenvalue weighted by molar-refractivity contribution is -0.137. The maximum absolute atomic E-state index is 13.2. The van der Waals surface area contributed by atoms with Crippen LogP contribution in [0, 0.1) is 0 Å². The Morgan fingerprint density at radius 1 is 0.737 bits per heavy atom. The number of alkyl halides is 3. The zero-order valence-corrected chi connectivity index (χ0v) is 20.3. The van der Waals surface area contributed by atoms with Crippen molar-refractivity contribution in [3.05, 3.63) is 119 Å². The van der Waals surface area contributed by atoms with Crippen molar-refractivity contribution >= 4 is 23.3 Å². The SMILES string of the molecule is O=C(Nc1ccc2c(c1)CCN(C(=O)Nc1ccccc1)C2)c1ccccc1-c1ccc(C(F)(F)F)cc1. The fourth-order valence-electron chi connectivity index (χ4n) is 4.50. The number of carbonyl (C=O) groups is 2. The lowest BCUT2D eigenvalue weighted by Crippen LogP contribution is -2.38. The van der Waals surface area contributed by atoms with Crippen LogP contribution < -0.4 is 10.6 Å². The lowest BCUT2D eigenvalue weighted by Gasteiger charge is -2.29. The number of nitrogens with one attached hydrogen (secondary N) is 2. The van der Waals surface area contributed by atoms with E-state index in [1.165, 1.54) is 12.1 Å². The highest BCUT2D eigenvalue weighted by molar-refractivity contribution is 6.08. The quantitative estimate of drug-likeness (QED) is 0.302. The third-order valence-corrected chi connectivity index (χ3v) is 6.48. The van der Waals surface area contributed by atoms with E-state index in [1.54, 1.807) is 35.2 Å². The molecule has 4 aromatic rings. The second kappa shape index (κ2) is 10.4. The molecule has 0 aliphatic carbocycles. The van der Waals surface area contributed by atoms with Gasteiger partial charge in [0.15, 0.2) is 0 Å². The summed E-state index contributed by atoms with van der Waals surface area (Å²) in [5, 5.41) is 5.81. The number of hydrogen-bond donors (Lipinski definition) is 2. The fourth-order valence-corrected chi connectivity index (χ4v) is 4.50. The number of carbonyl (C=O) groups excluding carboxylic acids is 2. The molecule has 5 rings (SSSR count). The van der Waals surface area contributed by atoms with Gasteiger partial charge in [-0.15, -0.1) is 0 Å². The van der Waals surface area contributed by atoms with Crippen molar-refractivity contribution in [3.8, 4) is 11.1 Å². The Labute approximate surface area is 217 Å². The smallest absolute Gasteiger partial charge is 0.322 e. The molecule has 0 unspecified atom stereocenters. The van der Waals surface area contributed by atoms with Crippen LogP contribution in [-0.4, -0.2) is 23.4 Å². The molecule has 38 heavy (non-hydrogen) atoms. The number of halogens is 3. The van der Waals surface area contributed by atoms with Crippen LogP contribution >= 0.6 is 0 Å². The summed E-state index contributed by atoms with van der Waals surface area (Å²) in [7, 11) is 0. The van der Waals surface area contributed by atoms with E-state index in [-0.39, 0.29) is 11.9 Å². The maximum Gasteiger partial charge on any atom is 0.416 e. The van der Waals surface area contributed by atoms with Gasteiger partial charge >= 0.3 is 12.2 Å². The highest BCUT2D eigenvalue weighted by Gasteiger charge is 2.30. The molecule has 1 heterocycles. The number of rotatable bonds is 4. The minimum Gasteiger partial charge on any atom is -0.322 e. The zero-order valence-electron chi connectivity index (χ0n) is 20.3. The lowest BCUT2D eigenvalue weighted by atomic mass is 9.97. The van der Waals surface area contributed by atoms with Crippen molar-refractivity contribution in [2.75, 3.05) is 17.2 Å². The van der Waals surface area contributed by atoms with Crippen molar-refractivity contribution in [3.63, 3.8) is 0 Å². The number of benzene rings is 4. The van der Waals surface area contributed by atoms with E-state index < -0.39 is 11.7 Å². The molecule has 0 saturated heterocycles. The van der Waals surface area contributed by atoms with Gasteiger partial charge < -0.3 is 15.5 Å². The van der Waals surface area contributed by atoms with Crippen LogP contribution in [0.3, 0.4) is 0 Å². The van der Waals surface area contributed by atoms with Crippen LogP contribution in [0.25, 0.3) is 11.1 Å². The predicted molar refractivity (Wildman–Crippen MR) is 141 cm³/mol. The number of nitrogens with zero attached hydrogens (tertiary/aromatic N) is 1. The summed E-state index contributed by atoms with van der Waals surface area (Å²) in [4.78, 5) is 27.6. The number of para-hydroxylation sites is 1. The van der Waals surface area contributed by atoms with Gasteiger partial charge in [0.2, 0.25) is 0 Å². The third-order valence-electron chi connectivity index (χ3n) is 6.48. The van der Waals surface area contributed by atoms with Gasteiger partial charge in [0, 0.05) is 30.0 Å². The summed E-state index contributed by atoms with van der Waals surface area (Å²) < 4.78 is 38.9. The average molecular weight is 516 g/mol. The van der Waals surface area contributed by atoms with E-state index >= 15 is 0 Å². The summed E-state index contributed by atoms with van der Waals surface area (Å²) >= 11 is 0. The predicted octanol–water partition coefficient (Wildman–Crippen LogP) is 7.21. The Kier molecular flexibility index (Phi) is 6.87. The standard InChI is InChI=1S/C30H24F3N3O2/c31-30(32,33)23-13-10-20(11-14-23)26-8-4-5-9-27(26)28(37)34-25-15-12-22-19-36(17-16-21(22)18-25)29(38)35-24-6-2-1-3-7-24/h1-15,18H,16-17,19H2,(H,34,37)(H,35,38). The van der Waals surface area contributed by atoms with Gasteiger partial charge in [0.1, 0.15) is 0 Å². The first-order valence-electron chi connectivity index (χ1n) is 12.1. The minimum atomic E-state index is -4.43. The highest BCUT2D eigenvalue weighted by atomic mass is 19.4. The molecule has 0 radical (unpaired) electrons. The van der Waals surface area contributed by atoms with Gasteiger partial charge in [-0.25, -0.2) is 4.79 Å². The number of urea groups is 1. The van der Waals surface area contributed by atoms with E-state index in [2.05, 4.69) is 10.6 Å². The Bertz CT molecular complexity index is 1470. The molecule has 0 fully saturated rings. The summed E-state index contributed by atoms with van der Waals surface area (Å²) in [6.07, 6.45) is -3.78. The van der Waals surface area contributed by atoms with Crippen LogP contribution in [0.1, 0.15) is 27.0 Å². The molecule has 3 amide bonds. The van der Waals surface area contributed by atoms with Crippen LogP contribution in [-0.2, 0) is 19.1 Å². The molecule has 0 saturated carbocycles. The maximum atomic E-state index is 13.2. The summed E-state index contributed by atoms with van der Waals surface area (Å²) in [5.74, 6) is -0.361. The van der Waals surface area contributed by atoms with E-state index in [4.69, 9.17) is 0 Å². The Morgan fingerprint density at radius 3 is 2.18 bits per heavy atom. The Balaban J connectivity index is 1.28. The molecule has 4 aromatic carbocycles. The molecule has 1 aliphatic rings. The van der Waals surface area contributed by atoms with Gasteiger partial charge in [-0.05, 0) is 71.1 Å². The average Bonchev–Trinajstić information content (AvgIpc) is 2.93. The van der Waals surface area contributed by atoms with Crippen molar-refractivity contribution in [2.45, 2.75) is 19.1 Å². The first kappa shape index (κ1) is 25.1. The molecule has 1 aliphatic heterocycles. The third kappa shape index (κ3) is 5.54. The summed E-state index contributed by atoms with van der Waals surface area (Å²) in [5.41, 5.74) is 4.06.